The Morgan fingerprint density at radius 2 is 2.04 bits per heavy atom. The van der Waals surface area contributed by atoms with E-state index >= 15 is 0 Å². The van der Waals surface area contributed by atoms with E-state index in [9.17, 15) is 9.18 Å². The summed E-state index contributed by atoms with van der Waals surface area (Å²) in [6.45, 7) is 2.60. The predicted octanol–water partition coefficient (Wildman–Crippen LogP) is 4.42. The largest absolute Gasteiger partial charge is 0.497 e. The monoisotopic (exact) mass is 368 g/mol. The number of aromatic nitrogens is 1. The zero-order chi connectivity index (χ0) is 19.0. The molecule has 4 rings (SSSR count). The quantitative estimate of drug-likeness (QED) is 0.745. The maximum absolute atomic E-state index is 14.3. The van der Waals surface area contributed by atoms with Crippen LogP contribution in [-0.4, -0.2) is 36.2 Å². The SMILES string of the molecule is CCOC(=O)N1CCc2c([nH]c3c(F)cccc23)C1c1ccc(OC)cc1. The Morgan fingerprint density at radius 3 is 2.74 bits per heavy atom. The average Bonchev–Trinajstić information content (AvgIpc) is 3.08. The summed E-state index contributed by atoms with van der Waals surface area (Å²) in [5, 5.41) is 0.868. The highest BCUT2D eigenvalue weighted by Gasteiger charge is 2.35. The second-order valence-electron chi connectivity index (χ2n) is 6.50. The number of H-pyrrole nitrogens is 1. The first kappa shape index (κ1) is 17.4. The van der Waals surface area contributed by atoms with Gasteiger partial charge in [0.2, 0.25) is 0 Å². The molecule has 1 aliphatic heterocycles. The molecule has 6 heteroatoms. The highest BCUT2D eigenvalue weighted by Crippen LogP contribution is 2.39. The third-order valence-electron chi connectivity index (χ3n) is 5.05. The Kier molecular flexibility index (Phi) is 4.48. The zero-order valence-electron chi connectivity index (χ0n) is 15.3. The van der Waals surface area contributed by atoms with Crippen molar-refractivity contribution in [3.63, 3.8) is 0 Å². The second-order valence-corrected chi connectivity index (χ2v) is 6.50. The van der Waals surface area contributed by atoms with Gasteiger partial charge in [-0.3, -0.25) is 4.90 Å². The number of hydrogen-bond donors (Lipinski definition) is 1. The number of amides is 1. The van der Waals surface area contributed by atoms with Crippen LogP contribution in [0.25, 0.3) is 10.9 Å². The number of benzene rings is 2. The van der Waals surface area contributed by atoms with Crippen LogP contribution in [0.1, 0.15) is 29.8 Å². The molecule has 0 fully saturated rings. The first-order valence-electron chi connectivity index (χ1n) is 9.00. The molecular weight excluding hydrogens is 347 g/mol. The molecule has 1 N–H and O–H groups in total. The second kappa shape index (κ2) is 6.95. The number of halogens is 1. The number of ether oxygens (including phenoxy) is 2. The number of nitrogens with one attached hydrogen (secondary N) is 1. The molecule has 0 saturated carbocycles. The third-order valence-corrected chi connectivity index (χ3v) is 5.05. The van der Waals surface area contributed by atoms with Crippen molar-refractivity contribution in [1.82, 2.24) is 9.88 Å². The Hall–Kier alpha value is -3.02. The summed E-state index contributed by atoms with van der Waals surface area (Å²) >= 11 is 0. The molecule has 1 atom stereocenters. The fourth-order valence-corrected chi connectivity index (χ4v) is 3.81. The van der Waals surface area contributed by atoms with Crippen LogP contribution in [0.4, 0.5) is 9.18 Å². The van der Waals surface area contributed by atoms with Crippen LogP contribution in [0.2, 0.25) is 0 Å². The number of rotatable bonds is 3. The molecule has 2 heterocycles. The van der Waals surface area contributed by atoms with Gasteiger partial charge in [-0.05, 0) is 42.7 Å². The minimum Gasteiger partial charge on any atom is -0.497 e. The van der Waals surface area contributed by atoms with Gasteiger partial charge in [0.25, 0.3) is 0 Å². The van der Waals surface area contributed by atoms with Gasteiger partial charge in [-0.2, -0.15) is 0 Å². The van der Waals surface area contributed by atoms with Crippen LogP contribution in [0.5, 0.6) is 5.75 Å². The van der Waals surface area contributed by atoms with E-state index in [0.29, 0.717) is 25.1 Å². The predicted molar refractivity (Wildman–Crippen MR) is 101 cm³/mol. The van der Waals surface area contributed by atoms with Crippen molar-refractivity contribution in [3.05, 3.63) is 65.1 Å². The number of para-hydroxylation sites is 1. The van der Waals surface area contributed by atoms with E-state index in [1.807, 2.05) is 30.3 Å². The summed E-state index contributed by atoms with van der Waals surface area (Å²) in [6.07, 6.45) is 0.271. The number of nitrogens with zero attached hydrogens (tertiary/aromatic N) is 1. The normalized spacial score (nSPS) is 16.3. The van der Waals surface area contributed by atoms with Crippen LogP contribution >= 0.6 is 0 Å². The number of carbonyl (C=O) groups is 1. The number of fused-ring (bicyclic) bond motifs is 3. The van der Waals surface area contributed by atoms with Crippen LogP contribution < -0.4 is 4.74 Å². The van der Waals surface area contributed by atoms with E-state index in [2.05, 4.69) is 4.98 Å². The lowest BCUT2D eigenvalue weighted by atomic mass is 9.92. The van der Waals surface area contributed by atoms with Gasteiger partial charge >= 0.3 is 6.09 Å². The molecule has 0 aliphatic carbocycles. The summed E-state index contributed by atoms with van der Waals surface area (Å²) in [5.74, 6) is 0.443. The Morgan fingerprint density at radius 1 is 1.26 bits per heavy atom. The number of carbonyl (C=O) groups excluding carboxylic acids is 1. The van der Waals surface area contributed by atoms with E-state index in [0.717, 1.165) is 28.0 Å². The minimum atomic E-state index is -0.372. The fraction of sp³-hybridized carbons (Fsp3) is 0.286. The number of hydrogen-bond acceptors (Lipinski definition) is 3. The topological polar surface area (TPSA) is 54.6 Å². The molecule has 27 heavy (non-hydrogen) atoms. The van der Waals surface area contributed by atoms with Crippen LogP contribution in [0.3, 0.4) is 0 Å². The van der Waals surface area contributed by atoms with Gasteiger partial charge in [0.1, 0.15) is 17.6 Å². The first-order valence-corrected chi connectivity index (χ1v) is 9.00. The van der Waals surface area contributed by atoms with Gasteiger partial charge in [-0.15, -0.1) is 0 Å². The Balaban J connectivity index is 1.87. The maximum Gasteiger partial charge on any atom is 0.410 e. The van der Waals surface area contributed by atoms with Gasteiger partial charge < -0.3 is 14.5 Å². The fourth-order valence-electron chi connectivity index (χ4n) is 3.81. The maximum atomic E-state index is 14.3. The Bertz CT molecular complexity index is 981. The molecule has 5 nitrogen and oxygen atoms in total. The minimum absolute atomic E-state index is 0.293. The van der Waals surface area contributed by atoms with Gasteiger partial charge in [0.15, 0.2) is 0 Å². The molecule has 0 radical (unpaired) electrons. The van der Waals surface area contributed by atoms with Gasteiger partial charge in [0.05, 0.1) is 19.2 Å². The van der Waals surface area contributed by atoms with Crippen molar-refractivity contribution < 1.29 is 18.7 Å². The molecule has 0 spiro atoms. The van der Waals surface area contributed by atoms with Crippen molar-refractivity contribution in [2.75, 3.05) is 20.3 Å². The van der Waals surface area contributed by atoms with Gasteiger partial charge in [-0.25, -0.2) is 9.18 Å². The Labute approximate surface area is 156 Å². The molecule has 1 aliphatic rings. The van der Waals surface area contributed by atoms with Crippen molar-refractivity contribution in [3.8, 4) is 5.75 Å². The van der Waals surface area contributed by atoms with E-state index in [-0.39, 0.29) is 18.0 Å². The molecule has 0 bridgehead atoms. The van der Waals surface area contributed by atoms with E-state index in [4.69, 9.17) is 9.47 Å². The van der Waals surface area contributed by atoms with Crippen molar-refractivity contribution in [1.29, 1.82) is 0 Å². The lowest BCUT2D eigenvalue weighted by Crippen LogP contribution is -2.40. The number of aromatic amines is 1. The summed E-state index contributed by atoms with van der Waals surface area (Å²) in [6, 6.07) is 12.3. The van der Waals surface area contributed by atoms with Crippen molar-refractivity contribution in [2.45, 2.75) is 19.4 Å². The highest BCUT2D eigenvalue weighted by molar-refractivity contribution is 5.86. The van der Waals surface area contributed by atoms with Crippen molar-refractivity contribution >= 4 is 17.0 Å². The first-order chi connectivity index (χ1) is 13.1. The molecule has 0 saturated heterocycles. The molecule has 140 valence electrons. The van der Waals surface area contributed by atoms with Crippen LogP contribution in [-0.2, 0) is 11.2 Å². The summed E-state index contributed by atoms with van der Waals surface area (Å²) in [5.41, 5.74) is 3.27. The smallest absolute Gasteiger partial charge is 0.410 e. The molecule has 1 aromatic heterocycles. The van der Waals surface area contributed by atoms with E-state index in [1.54, 1.807) is 25.0 Å². The molecule has 1 amide bonds. The van der Waals surface area contributed by atoms with E-state index < -0.39 is 0 Å². The van der Waals surface area contributed by atoms with Crippen LogP contribution in [0, 0.1) is 5.82 Å². The molecule has 1 unspecified atom stereocenters. The molecule has 2 aromatic carbocycles. The van der Waals surface area contributed by atoms with E-state index in [1.165, 1.54) is 6.07 Å². The third kappa shape index (κ3) is 2.91. The lowest BCUT2D eigenvalue weighted by molar-refractivity contribution is 0.0932. The van der Waals surface area contributed by atoms with Crippen molar-refractivity contribution in [2.24, 2.45) is 0 Å². The number of methoxy groups -OCH3 is 1. The zero-order valence-corrected chi connectivity index (χ0v) is 15.3. The molecular formula is C21H21FN2O3. The summed E-state index contributed by atoms with van der Waals surface area (Å²) < 4.78 is 24.8. The summed E-state index contributed by atoms with van der Waals surface area (Å²) in [4.78, 5) is 17.5. The highest BCUT2D eigenvalue weighted by atomic mass is 19.1. The lowest BCUT2D eigenvalue weighted by Gasteiger charge is -2.35. The van der Waals surface area contributed by atoms with Gasteiger partial charge in [-0.1, -0.05) is 24.3 Å². The standard InChI is InChI=1S/C21H21FN2O3/c1-3-27-21(25)24-12-11-16-15-5-4-6-17(22)18(15)23-19(16)20(24)13-7-9-14(26-2)10-8-13/h4-10,20,23H,3,11-12H2,1-2H3. The molecule has 3 aromatic rings. The summed E-state index contributed by atoms with van der Waals surface area (Å²) in [7, 11) is 1.61. The van der Waals surface area contributed by atoms with Crippen LogP contribution in [0.15, 0.2) is 42.5 Å². The average molecular weight is 368 g/mol. The van der Waals surface area contributed by atoms with Gasteiger partial charge in [0, 0.05) is 17.6 Å².